The number of nitrogens with two attached hydrogens (primary N) is 1. The van der Waals surface area contributed by atoms with Crippen LogP contribution in [0.25, 0.3) is 16.9 Å². The van der Waals surface area contributed by atoms with Crippen molar-refractivity contribution in [3.8, 4) is 17.1 Å². The van der Waals surface area contributed by atoms with E-state index in [0.29, 0.717) is 34.4 Å². The second kappa shape index (κ2) is 8.34. The molecule has 1 aromatic carbocycles. The van der Waals surface area contributed by atoms with Gasteiger partial charge in [0.1, 0.15) is 17.3 Å². The Labute approximate surface area is 169 Å². The third-order valence-corrected chi connectivity index (χ3v) is 4.91. The van der Waals surface area contributed by atoms with Crippen LogP contribution in [-0.2, 0) is 6.42 Å². The number of benzene rings is 1. The number of hydrogen-bond donors (Lipinski definition) is 1. The second-order valence-electron chi connectivity index (χ2n) is 5.74. The van der Waals surface area contributed by atoms with E-state index in [1.807, 2.05) is 18.2 Å². The molecule has 0 fully saturated rings. The van der Waals surface area contributed by atoms with Gasteiger partial charge in [-0.15, -0.1) is 0 Å². The topological polar surface area (TPSA) is 78.3 Å². The minimum absolute atomic E-state index is 0.321. The van der Waals surface area contributed by atoms with Gasteiger partial charge in [-0.3, -0.25) is 9.78 Å². The first-order valence-electron chi connectivity index (χ1n) is 7.98. The van der Waals surface area contributed by atoms with E-state index < -0.39 is 5.82 Å². The van der Waals surface area contributed by atoms with Gasteiger partial charge in [0.15, 0.2) is 6.29 Å². The molecule has 0 radical (unpaired) electrons. The predicted octanol–water partition coefficient (Wildman–Crippen LogP) is 4.45. The number of aldehydes is 1. The molecule has 0 amide bonds. The average molecular weight is 478 g/mol. The molecule has 0 saturated carbocycles. The zero-order valence-corrected chi connectivity index (χ0v) is 16.6. The Morgan fingerprint density at radius 2 is 2.19 bits per heavy atom. The number of methoxy groups -OCH3 is 1. The lowest BCUT2D eigenvalue weighted by Crippen LogP contribution is -1.98. The van der Waals surface area contributed by atoms with Crippen LogP contribution in [0.2, 0.25) is 0 Å². The van der Waals surface area contributed by atoms with Crippen LogP contribution in [0.3, 0.4) is 0 Å². The maximum absolute atomic E-state index is 13.4. The summed E-state index contributed by atoms with van der Waals surface area (Å²) in [6.07, 6.45) is 6.62. The van der Waals surface area contributed by atoms with Crippen LogP contribution in [0.1, 0.15) is 21.5 Å². The number of carbonyl (C=O) groups is 1. The maximum Gasteiger partial charge on any atom is 0.154 e. The van der Waals surface area contributed by atoms with Crippen LogP contribution >= 0.6 is 22.6 Å². The Hall–Kier alpha value is -2.68. The molecule has 0 atom stereocenters. The maximum atomic E-state index is 13.4. The second-order valence-corrected chi connectivity index (χ2v) is 6.90. The van der Waals surface area contributed by atoms with Crippen molar-refractivity contribution in [1.29, 1.82) is 0 Å². The van der Waals surface area contributed by atoms with E-state index in [1.165, 1.54) is 18.5 Å². The molecule has 0 aliphatic rings. The highest BCUT2D eigenvalue weighted by molar-refractivity contribution is 14.1. The van der Waals surface area contributed by atoms with Crippen molar-refractivity contribution < 1.29 is 18.3 Å². The fourth-order valence-electron chi connectivity index (χ4n) is 2.78. The lowest BCUT2D eigenvalue weighted by atomic mass is 9.97. The Morgan fingerprint density at radius 3 is 2.81 bits per heavy atom. The first-order valence-corrected chi connectivity index (χ1v) is 9.06. The number of allylic oxidation sites excluding steroid dienone is 1. The fourth-order valence-corrected chi connectivity index (χ4v) is 3.52. The van der Waals surface area contributed by atoms with Gasteiger partial charge in [0.05, 0.1) is 28.7 Å². The van der Waals surface area contributed by atoms with Crippen molar-refractivity contribution in [2.24, 2.45) is 5.73 Å². The molecule has 3 rings (SSSR count). The molecule has 0 spiro atoms. The highest BCUT2D eigenvalue weighted by Gasteiger charge is 2.19. The van der Waals surface area contributed by atoms with E-state index in [-0.39, 0.29) is 0 Å². The average Bonchev–Trinajstić information content (AvgIpc) is 3.10. The van der Waals surface area contributed by atoms with Crippen molar-refractivity contribution >= 4 is 34.5 Å². The summed E-state index contributed by atoms with van der Waals surface area (Å²) in [4.78, 5) is 15.6. The summed E-state index contributed by atoms with van der Waals surface area (Å²) in [7, 11) is 1.60. The first kappa shape index (κ1) is 19.1. The van der Waals surface area contributed by atoms with E-state index in [4.69, 9.17) is 14.9 Å². The molecular formula is C20H16FIN2O3. The van der Waals surface area contributed by atoms with Gasteiger partial charge in [0.25, 0.3) is 0 Å². The monoisotopic (exact) mass is 478 g/mol. The number of ether oxygens (including phenoxy) is 1. The largest absolute Gasteiger partial charge is 0.496 e. The summed E-state index contributed by atoms with van der Waals surface area (Å²) in [5, 5.41) is 0. The summed E-state index contributed by atoms with van der Waals surface area (Å²) in [5.74, 6) is 0.748. The van der Waals surface area contributed by atoms with Crippen LogP contribution in [0, 0.1) is 9.39 Å². The molecule has 5 nitrogen and oxygen atoms in total. The number of carbonyl (C=O) groups excluding carboxylic acids is 1. The van der Waals surface area contributed by atoms with Crippen LogP contribution in [0.15, 0.2) is 53.5 Å². The number of furan rings is 1. The van der Waals surface area contributed by atoms with E-state index in [0.717, 1.165) is 27.4 Å². The number of nitrogens with zero attached hydrogens (tertiary/aromatic N) is 1. The van der Waals surface area contributed by atoms with Crippen LogP contribution in [0.5, 0.6) is 5.75 Å². The predicted molar refractivity (Wildman–Crippen MR) is 109 cm³/mol. The molecule has 7 heteroatoms. The van der Waals surface area contributed by atoms with E-state index in [2.05, 4.69) is 27.6 Å². The SMILES string of the molecule is COc1ccc(-c2occ(/C(=C\N)Cc3cncc(F)c3)c2C=O)cc1I. The van der Waals surface area contributed by atoms with Gasteiger partial charge in [-0.2, -0.15) is 0 Å². The molecule has 138 valence electrons. The minimum atomic E-state index is -0.430. The van der Waals surface area contributed by atoms with E-state index in [1.54, 1.807) is 13.3 Å². The molecule has 2 heterocycles. The third-order valence-electron chi connectivity index (χ3n) is 4.06. The lowest BCUT2D eigenvalue weighted by Gasteiger charge is -2.07. The van der Waals surface area contributed by atoms with Crippen molar-refractivity contribution in [1.82, 2.24) is 4.98 Å². The molecule has 27 heavy (non-hydrogen) atoms. The molecule has 2 aromatic heterocycles. The number of aromatic nitrogens is 1. The molecule has 0 bridgehead atoms. The fraction of sp³-hybridized carbons (Fsp3) is 0.100. The van der Waals surface area contributed by atoms with Crippen LogP contribution in [0.4, 0.5) is 4.39 Å². The molecule has 0 unspecified atom stereocenters. The Kier molecular flexibility index (Phi) is 5.90. The molecule has 0 aliphatic carbocycles. The standard InChI is InChI=1S/C20H16FIN2O3/c1-26-19-3-2-13(6-18(19)22)20-16(10-25)17(11-27-20)14(7-23)4-12-5-15(21)9-24-8-12/h2-3,5-11H,4,23H2,1H3/b14-7-. The van der Waals surface area contributed by atoms with Crippen molar-refractivity contribution in [3.05, 3.63) is 75.2 Å². The molecule has 0 aliphatic heterocycles. The number of halogens is 2. The first-order chi connectivity index (χ1) is 13.1. The number of hydrogen-bond acceptors (Lipinski definition) is 5. The zero-order chi connectivity index (χ0) is 19.4. The van der Waals surface area contributed by atoms with Gasteiger partial charge < -0.3 is 14.9 Å². The Morgan fingerprint density at radius 1 is 1.37 bits per heavy atom. The van der Waals surface area contributed by atoms with Crippen molar-refractivity contribution in [2.75, 3.05) is 7.11 Å². The van der Waals surface area contributed by atoms with Gasteiger partial charge in [0, 0.05) is 23.7 Å². The Balaban J connectivity index is 1.99. The van der Waals surface area contributed by atoms with Crippen molar-refractivity contribution in [2.45, 2.75) is 6.42 Å². The van der Waals surface area contributed by atoms with Gasteiger partial charge in [0.2, 0.25) is 0 Å². The molecule has 3 aromatic rings. The van der Waals surface area contributed by atoms with Gasteiger partial charge in [-0.05, 0) is 64.2 Å². The molecule has 0 saturated heterocycles. The van der Waals surface area contributed by atoms with Crippen LogP contribution < -0.4 is 10.5 Å². The number of rotatable bonds is 6. The van der Waals surface area contributed by atoms with Crippen LogP contribution in [-0.4, -0.2) is 18.4 Å². The summed E-state index contributed by atoms with van der Waals surface area (Å²) in [6.45, 7) is 0. The zero-order valence-electron chi connectivity index (χ0n) is 14.4. The molecular weight excluding hydrogens is 462 g/mol. The van der Waals surface area contributed by atoms with Gasteiger partial charge in [-0.25, -0.2) is 4.39 Å². The number of pyridine rings is 1. The summed E-state index contributed by atoms with van der Waals surface area (Å²) in [6, 6.07) is 6.88. The van der Waals surface area contributed by atoms with Gasteiger partial charge in [-0.1, -0.05) is 0 Å². The summed E-state index contributed by atoms with van der Waals surface area (Å²) < 4.78 is 25.2. The molecule has 2 N–H and O–H groups in total. The quantitative estimate of drug-likeness (QED) is 0.419. The lowest BCUT2D eigenvalue weighted by molar-refractivity contribution is 0.112. The van der Waals surface area contributed by atoms with Gasteiger partial charge >= 0.3 is 0 Å². The summed E-state index contributed by atoms with van der Waals surface area (Å²) >= 11 is 2.15. The third kappa shape index (κ3) is 4.02. The highest BCUT2D eigenvalue weighted by Crippen LogP contribution is 2.34. The van der Waals surface area contributed by atoms with Crippen molar-refractivity contribution in [3.63, 3.8) is 0 Å². The highest BCUT2D eigenvalue weighted by atomic mass is 127. The minimum Gasteiger partial charge on any atom is -0.496 e. The normalized spacial score (nSPS) is 11.4. The van der Waals surface area contributed by atoms with E-state index in [9.17, 15) is 9.18 Å². The van der Waals surface area contributed by atoms with E-state index >= 15 is 0 Å². The smallest absolute Gasteiger partial charge is 0.154 e. The Bertz CT molecular complexity index is 1010. The summed E-state index contributed by atoms with van der Waals surface area (Å²) in [5.41, 5.74) is 8.76.